The normalized spacial score (nSPS) is 10.3. The molecule has 0 aliphatic carbocycles. The van der Waals surface area contributed by atoms with Crippen LogP contribution in [0.1, 0.15) is 5.76 Å². The molecular weight excluding hydrogens is 334 g/mol. The Balaban J connectivity index is 2.18. The summed E-state index contributed by atoms with van der Waals surface area (Å²) in [6, 6.07) is 7.23. The van der Waals surface area contributed by atoms with Crippen molar-refractivity contribution in [3.8, 4) is 11.5 Å². The van der Waals surface area contributed by atoms with Crippen LogP contribution in [0.4, 0.5) is 5.69 Å². The van der Waals surface area contributed by atoms with Crippen molar-refractivity contribution in [2.24, 2.45) is 0 Å². The largest absolute Gasteiger partial charge is 0.495 e. The Bertz CT molecular complexity index is 571. The number of nitrogens with one attached hydrogen (secondary N) is 1. The van der Waals surface area contributed by atoms with Crippen LogP contribution < -0.4 is 14.8 Å². The maximum absolute atomic E-state index is 6.04. The third-order valence-corrected chi connectivity index (χ3v) is 3.28. The zero-order valence-corrected chi connectivity index (χ0v) is 12.8. The molecule has 0 saturated carbocycles. The zero-order valence-electron chi connectivity index (χ0n) is 10.5. The van der Waals surface area contributed by atoms with Crippen molar-refractivity contribution in [1.29, 1.82) is 0 Å². The van der Waals surface area contributed by atoms with Gasteiger partial charge in [0.1, 0.15) is 17.3 Å². The standard InChI is InChI=1S/C13H13BrClNO3/c1-17-11-6-10(12(18-2)5-9(11)15)16-7-8-3-4-13(14)19-8/h3-6,16H,7H2,1-2H3. The third kappa shape index (κ3) is 3.36. The van der Waals surface area contributed by atoms with Crippen LogP contribution in [0.5, 0.6) is 11.5 Å². The van der Waals surface area contributed by atoms with E-state index in [-0.39, 0.29) is 0 Å². The second kappa shape index (κ2) is 6.21. The molecule has 4 nitrogen and oxygen atoms in total. The smallest absolute Gasteiger partial charge is 0.169 e. The number of anilines is 1. The Hall–Kier alpha value is -1.33. The molecule has 1 N–H and O–H groups in total. The van der Waals surface area contributed by atoms with Crippen molar-refractivity contribution < 1.29 is 13.9 Å². The molecule has 0 aliphatic heterocycles. The van der Waals surface area contributed by atoms with Gasteiger partial charge in [-0.15, -0.1) is 0 Å². The van der Waals surface area contributed by atoms with Crippen LogP contribution in [0.25, 0.3) is 0 Å². The molecule has 0 fully saturated rings. The van der Waals surface area contributed by atoms with Gasteiger partial charge in [-0.2, -0.15) is 0 Å². The zero-order chi connectivity index (χ0) is 13.8. The van der Waals surface area contributed by atoms with Crippen molar-refractivity contribution in [3.63, 3.8) is 0 Å². The minimum atomic E-state index is 0.505. The number of hydrogen-bond donors (Lipinski definition) is 1. The van der Waals surface area contributed by atoms with E-state index in [9.17, 15) is 0 Å². The lowest BCUT2D eigenvalue weighted by atomic mass is 10.2. The number of hydrogen-bond acceptors (Lipinski definition) is 4. The van der Waals surface area contributed by atoms with E-state index >= 15 is 0 Å². The molecular formula is C13H13BrClNO3. The van der Waals surface area contributed by atoms with Crippen LogP contribution in [0.2, 0.25) is 5.02 Å². The number of furan rings is 1. The Kier molecular flexibility index (Phi) is 4.61. The molecule has 102 valence electrons. The van der Waals surface area contributed by atoms with Gasteiger partial charge in [-0.3, -0.25) is 0 Å². The summed E-state index contributed by atoms with van der Waals surface area (Å²) in [4.78, 5) is 0. The first kappa shape index (κ1) is 14.1. The average molecular weight is 347 g/mol. The molecule has 2 aromatic rings. The molecule has 19 heavy (non-hydrogen) atoms. The fourth-order valence-corrected chi connectivity index (χ4v) is 2.20. The van der Waals surface area contributed by atoms with Crippen LogP contribution in [0, 0.1) is 0 Å². The molecule has 0 spiro atoms. The van der Waals surface area contributed by atoms with E-state index in [4.69, 9.17) is 25.5 Å². The monoisotopic (exact) mass is 345 g/mol. The molecule has 1 aromatic carbocycles. The van der Waals surface area contributed by atoms with Gasteiger partial charge in [-0.1, -0.05) is 11.6 Å². The van der Waals surface area contributed by atoms with Gasteiger partial charge in [-0.25, -0.2) is 0 Å². The molecule has 0 radical (unpaired) electrons. The van der Waals surface area contributed by atoms with E-state index in [1.165, 1.54) is 0 Å². The predicted octanol–water partition coefficient (Wildman–Crippen LogP) is 4.32. The molecule has 0 saturated heterocycles. The van der Waals surface area contributed by atoms with Gasteiger partial charge in [0, 0.05) is 12.1 Å². The van der Waals surface area contributed by atoms with E-state index in [2.05, 4.69) is 21.2 Å². The number of methoxy groups -OCH3 is 2. The molecule has 0 aliphatic rings. The summed E-state index contributed by atoms with van der Waals surface area (Å²) in [6.07, 6.45) is 0. The first-order chi connectivity index (χ1) is 9.13. The molecule has 0 atom stereocenters. The average Bonchev–Trinajstić information content (AvgIpc) is 2.82. The van der Waals surface area contributed by atoms with Crippen molar-refractivity contribution in [2.45, 2.75) is 6.54 Å². The second-order valence-corrected chi connectivity index (χ2v) is 4.94. The summed E-state index contributed by atoms with van der Waals surface area (Å²) in [6.45, 7) is 0.534. The summed E-state index contributed by atoms with van der Waals surface area (Å²) in [5.74, 6) is 2.05. The second-order valence-electron chi connectivity index (χ2n) is 3.75. The van der Waals surface area contributed by atoms with E-state index in [1.54, 1.807) is 26.4 Å². The number of rotatable bonds is 5. The lowest BCUT2D eigenvalue weighted by Gasteiger charge is -2.13. The highest BCUT2D eigenvalue weighted by atomic mass is 79.9. The molecule has 2 rings (SSSR count). The molecule has 0 unspecified atom stereocenters. The van der Waals surface area contributed by atoms with Crippen LogP contribution in [-0.2, 0) is 6.54 Å². The Morgan fingerprint density at radius 3 is 2.53 bits per heavy atom. The summed E-state index contributed by atoms with van der Waals surface area (Å²) >= 11 is 9.31. The van der Waals surface area contributed by atoms with Gasteiger partial charge < -0.3 is 19.2 Å². The fourth-order valence-electron chi connectivity index (χ4n) is 1.63. The highest BCUT2D eigenvalue weighted by Crippen LogP contribution is 2.36. The number of benzene rings is 1. The summed E-state index contributed by atoms with van der Waals surface area (Å²) < 4.78 is 16.6. The fraction of sp³-hybridized carbons (Fsp3) is 0.231. The van der Waals surface area contributed by atoms with Crippen LogP contribution in [0.15, 0.2) is 33.4 Å². The van der Waals surface area contributed by atoms with Crippen molar-refractivity contribution in [1.82, 2.24) is 0 Å². The SMILES string of the molecule is COc1cc(NCc2ccc(Br)o2)c(OC)cc1Cl. The molecule has 0 amide bonds. The van der Waals surface area contributed by atoms with Gasteiger partial charge >= 0.3 is 0 Å². The van der Waals surface area contributed by atoms with Crippen LogP contribution >= 0.6 is 27.5 Å². The van der Waals surface area contributed by atoms with Crippen molar-refractivity contribution >= 4 is 33.2 Å². The summed E-state index contributed by atoms with van der Waals surface area (Å²) in [5.41, 5.74) is 0.788. The highest BCUT2D eigenvalue weighted by molar-refractivity contribution is 9.10. The number of ether oxygens (including phenoxy) is 2. The van der Waals surface area contributed by atoms with E-state index < -0.39 is 0 Å². The molecule has 1 heterocycles. The van der Waals surface area contributed by atoms with Gasteiger partial charge in [-0.05, 0) is 28.1 Å². The van der Waals surface area contributed by atoms with Gasteiger partial charge in [0.2, 0.25) is 0 Å². The predicted molar refractivity (Wildman–Crippen MR) is 78.3 cm³/mol. The minimum absolute atomic E-state index is 0.505. The Labute approximate surface area is 124 Å². The third-order valence-electron chi connectivity index (χ3n) is 2.56. The quantitative estimate of drug-likeness (QED) is 0.875. The van der Waals surface area contributed by atoms with E-state index in [0.717, 1.165) is 11.4 Å². The van der Waals surface area contributed by atoms with Gasteiger partial charge in [0.25, 0.3) is 0 Å². The first-order valence-corrected chi connectivity index (χ1v) is 6.70. The van der Waals surface area contributed by atoms with Gasteiger partial charge in [0.05, 0.1) is 31.5 Å². The molecule has 1 aromatic heterocycles. The van der Waals surface area contributed by atoms with Crippen LogP contribution in [0.3, 0.4) is 0 Å². The van der Waals surface area contributed by atoms with Crippen molar-refractivity contribution in [2.75, 3.05) is 19.5 Å². The van der Waals surface area contributed by atoms with E-state index in [1.807, 2.05) is 12.1 Å². The lowest BCUT2D eigenvalue weighted by molar-refractivity contribution is 0.404. The Morgan fingerprint density at radius 1 is 1.21 bits per heavy atom. The lowest BCUT2D eigenvalue weighted by Crippen LogP contribution is -2.01. The topological polar surface area (TPSA) is 43.6 Å². The van der Waals surface area contributed by atoms with Gasteiger partial charge in [0.15, 0.2) is 4.67 Å². The number of halogens is 2. The summed E-state index contributed by atoms with van der Waals surface area (Å²) in [5, 5.41) is 3.72. The maximum Gasteiger partial charge on any atom is 0.169 e. The summed E-state index contributed by atoms with van der Waals surface area (Å²) in [7, 11) is 3.16. The Morgan fingerprint density at radius 2 is 1.95 bits per heavy atom. The first-order valence-electron chi connectivity index (χ1n) is 5.53. The minimum Gasteiger partial charge on any atom is -0.495 e. The highest BCUT2D eigenvalue weighted by Gasteiger charge is 2.10. The van der Waals surface area contributed by atoms with E-state index in [0.29, 0.717) is 27.7 Å². The maximum atomic E-state index is 6.04. The molecule has 6 heteroatoms. The molecule has 0 bridgehead atoms. The van der Waals surface area contributed by atoms with Crippen molar-refractivity contribution in [3.05, 3.63) is 39.7 Å². The van der Waals surface area contributed by atoms with Crippen LogP contribution in [-0.4, -0.2) is 14.2 Å².